The molecule has 1 aromatic heterocycles. The van der Waals surface area contributed by atoms with E-state index in [4.69, 9.17) is 4.74 Å². The van der Waals surface area contributed by atoms with Crippen LogP contribution in [-0.4, -0.2) is 34.1 Å². The van der Waals surface area contributed by atoms with Crippen molar-refractivity contribution in [1.29, 1.82) is 0 Å². The molecule has 1 heterocycles. The van der Waals surface area contributed by atoms with Crippen LogP contribution in [0.2, 0.25) is 0 Å². The van der Waals surface area contributed by atoms with Crippen molar-refractivity contribution in [3.8, 4) is 0 Å². The molecule has 1 atom stereocenters. The lowest BCUT2D eigenvalue weighted by Gasteiger charge is -2.13. The van der Waals surface area contributed by atoms with Crippen molar-refractivity contribution in [1.82, 2.24) is 14.9 Å². The summed E-state index contributed by atoms with van der Waals surface area (Å²) in [5.41, 5.74) is 1.69. The van der Waals surface area contributed by atoms with Gasteiger partial charge in [-0.15, -0.1) is 0 Å². The third-order valence-corrected chi connectivity index (χ3v) is 4.25. The zero-order valence-electron chi connectivity index (χ0n) is 16.2. The van der Waals surface area contributed by atoms with Crippen LogP contribution in [0.15, 0.2) is 29.1 Å². The molecule has 1 amide bonds. The number of para-hydroxylation sites is 2. The average molecular weight is 373 g/mol. The van der Waals surface area contributed by atoms with Gasteiger partial charge in [0.1, 0.15) is 5.69 Å². The first-order chi connectivity index (χ1) is 13.0. The van der Waals surface area contributed by atoms with Crippen molar-refractivity contribution in [2.75, 3.05) is 6.54 Å². The van der Waals surface area contributed by atoms with Crippen molar-refractivity contribution in [3.05, 3.63) is 40.3 Å². The van der Waals surface area contributed by atoms with Gasteiger partial charge < -0.3 is 14.6 Å². The van der Waals surface area contributed by atoms with Crippen molar-refractivity contribution in [2.45, 2.75) is 59.1 Å². The number of benzene rings is 1. The molecule has 0 unspecified atom stereocenters. The molecule has 7 nitrogen and oxygen atoms in total. The first kappa shape index (κ1) is 20.6. The van der Waals surface area contributed by atoms with Gasteiger partial charge in [0.15, 0.2) is 6.10 Å². The number of nitrogens with zero attached hydrogens (tertiary/aromatic N) is 2. The lowest BCUT2D eigenvalue weighted by molar-refractivity contribution is -0.154. The van der Waals surface area contributed by atoms with Gasteiger partial charge in [-0.25, -0.2) is 4.98 Å². The Morgan fingerprint density at radius 3 is 2.70 bits per heavy atom. The van der Waals surface area contributed by atoms with E-state index in [9.17, 15) is 14.4 Å². The van der Waals surface area contributed by atoms with Crippen molar-refractivity contribution in [2.24, 2.45) is 0 Å². The average Bonchev–Trinajstić information content (AvgIpc) is 2.66. The number of aromatic nitrogens is 2. The Hall–Kier alpha value is -2.70. The molecule has 0 saturated heterocycles. The highest BCUT2D eigenvalue weighted by atomic mass is 16.5. The molecule has 0 fully saturated rings. The summed E-state index contributed by atoms with van der Waals surface area (Å²) >= 11 is 0. The molecule has 2 rings (SSSR count). The van der Waals surface area contributed by atoms with E-state index in [1.165, 1.54) is 6.92 Å². The quantitative estimate of drug-likeness (QED) is 0.681. The highest BCUT2D eigenvalue weighted by Crippen LogP contribution is 2.12. The van der Waals surface area contributed by atoms with Crippen LogP contribution in [0.3, 0.4) is 0 Å². The number of ether oxygens (including phenoxy) is 1. The Kier molecular flexibility index (Phi) is 7.52. The Labute approximate surface area is 158 Å². The lowest BCUT2D eigenvalue weighted by Crippen LogP contribution is -2.35. The van der Waals surface area contributed by atoms with Gasteiger partial charge in [0.2, 0.25) is 0 Å². The molecule has 1 aromatic carbocycles. The summed E-state index contributed by atoms with van der Waals surface area (Å²) in [4.78, 5) is 40.9. The summed E-state index contributed by atoms with van der Waals surface area (Å²) < 4.78 is 6.85. The second-order valence-corrected chi connectivity index (χ2v) is 6.38. The van der Waals surface area contributed by atoms with Crippen LogP contribution in [0.25, 0.3) is 11.0 Å². The third-order valence-electron chi connectivity index (χ3n) is 4.25. The zero-order chi connectivity index (χ0) is 19.8. The van der Waals surface area contributed by atoms with Crippen LogP contribution < -0.4 is 10.9 Å². The van der Waals surface area contributed by atoms with E-state index in [1.54, 1.807) is 11.5 Å². The number of carbonyl (C=O) groups excluding carboxylic acids is 2. The van der Waals surface area contributed by atoms with E-state index < -0.39 is 12.1 Å². The second kappa shape index (κ2) is 9.85. The summed E-state index contributed by atoms with van der Waals surface area (Å²) in [5, 5.41) is 2.60. The number of aryl methyl sites for hydroxylation is 2. The molecule has 1 N–H and O–H groups in total. The summed E-state index contributed by atoms with van der Waals surface area (Å²) in [6.45, 7) is 6.47. The monoisotopic (exact) mass is 373 g/mol. The van der Waals surface area contributed by atoms with Crippen molar-refractivity contribution < 1.29 is 14.3 Å². The second-order valence-electron chi connectivity index (χ2n) is 6.38. The molecule has 0 saturated carbocycles. The molecular weight excluding hydrogens is 346 g/mol. The van der Waals surface area contributed by atoms with Crippen LogP contribution in [0.4, 0.5) is 0 Å². The number of hydrogen-bond acceptors (Lipinski definition) is 5. The Balaban J connectivity index is 2.14. The van der Waals surface area contributed by atoms with Gasteiger partial charge in [-0.2, -0.15) is 0 Å². The molecule has 0 aliphatic carbocycles. The highest BCUT2D eigenvalue weighted by molar-refractivity contribution is 5.83. The normalized spacial score (nSPS) is 12.0. The number of rotatable bonds is 9. The molecule has 0 radical (unpaired) electrons. The van der Waals surface area contributed by atoms with Crippen molar-refractivity contribution in [3.63, 3.8) is 0 Å². The Bertz CT molecular complexity index is 860. The van der Waals surface area contributed by atoms with Crippen molar-refractivity contribution >= 4 is 22.9 Å². The number of amides is 1. The highest BCUT2D eigenvalue weighted by Gasteiger charge is 2.18. The standard InChI is InChI=1S/C20H27N3O4/c1-4-6-13-23-17-10-8-7-9-15(17)22-16(20(23)26)11-12-18(24)27-14(3)19(25)21-5-2/h7-10,14H,4-6,11-13H2,1-3H3,(H,21,25)/t14-/m1/s1. The molecule has 0 aliphatic heterocycles. The van der Waals surface area contributed by atoms with Gasteiger partial charge in [-0.1, -0.05) is 25.5 Å². The first-order valence-corrected chi connectivity index (χ1v) is 9.43. The van der Waals surface area contributed by atoms with Crippen LogP contribution in [-0.2, 0) is 27.3 Å². The Morgan fingerprint density at radius 1 is 1.26 bits per heavy atom. The molecule has 7 heteroatoms. The largest absolute Gasteiger partial charge is 0.453 e. The minimum atomic E-state index is -0.858. The van der Waals surface area contributed by atoms with E-state index >= 15 is 0 Å². The first-order valence-electron chi connectivity index (χ1n) is 9.43. The zero-order valence-corrected chi connectivity index (χ0v) is 16.2. The minimum absolute atomic E-state index is 0.00188. The topological polar surface area (TPSA) is 90.3 Å². The molecular formula is C20H27N3O4. The number of esters is 1. The molecule has 0 aliphatic rings. The molecule has 27 heavy (non-hydrogen) atoms. The SMILES string of the molecule is CCCCn1c(=O)c(CCC(=O)O[C@H](C)C(=O)NCC)nc2ccccc21. The van der Waals surface area contributed by atoms with Gasteiger partial charge in [0, 0.05) is 19.5 Å². The van der Waals surface area contributed by atoms with Gasteiger partial charge in [-0.05, 0) is 32.4 Å². The smallest absolute Gasteiger partial charge is 0.306 e. The summed E-state index contributed by atoms with van der Waals surface area (Å²) in [6.07, 6.45) is 1.18. The molecule has 0 bridgehead atoms. The fourth-order valence-corrected chi connectivity index (χ4v) is 2.79. The fourth-order valence-electron chi connectivity index (χ4n) is 2.79. The van der Waals surface area contributed by atoms with Crippen LogP contribution in [0.5, 0.6) is 0 Å². The van der Waals surface area contributed by atoms with Crippen LogP contribution in [0.1, 0.15) is 45.7 Å². The maximum absolute atomic E-state index is 12.8. The maximum atomic E-state index is 12.8. The number of unbranched alkanes of at least 4 members (excludes halogenated alkanes) is 1. The lowest BCUT2D eigenvalue weighted by atomic mass is 10.2. The van der Waals surface area contributed by atoms with E-state index in [1.807, 2.05) is 24.3 Å². The number of hydrogen-bond donors (Lipinski definition) is 1. The number of nitrogens with one attached hydrogen (secondary N) is 1. The number of likely N-dealkylation sites (N-methyl/N-ethyl adjacent to an activating group) is 1. The van der Waals surface area contributed by atoms with Crippen LogP contribution in [0, 0.1) is 0 Å². The molecule has 146 valence electrons. The summed E-state index contributed by atoms with van der Waals surface area (Å²) in [6, 6.07) is 7.49. The fraction of sp³-hybridized carbons (Fsp3) is 0.500. The van der Waals surface area contributed by atoms with E-state index in [-0.39, 0.29) is 24.3 Å². The summed E-state index contributed by atoms with van der Waals surface area (Å²) in [7, 11) is 0. The Morgan fingerprint density at radius 2 is 2.00 bits per heavy atom. The predicted octanol–water partition coefficient (Wildman–Crippen LogP) is 2.20. The number of fused-ring (bicyclic) bond motifs is 1. The van der Waals surface area contributed by atoms with Gasteiger partial charge in [0.05, 0.1) is 17.5 Å². The van der Waals surface area contributed by atoms with Gasteiger partial charge in [0.25, 0.3) is 11.5 Å². The predicted molar refractivity (Wildman–Crippen MR) is 103 cm³/mol. The third kappa shape index (κ3) is 5.39. The van der Waals surface area contributed by atoms with E-state index in [2.05, 4.69) is 17.2 Å². The molecule has 0 spiro atoms. The summed E-state index contributed by atoms with van der Waals surface area (Å²) in [5.74, 6) is -0.861. The van der Waals surface area contributed by atoms with Gasteiger partial charge in [-0.3, -0.25) is 14.4 Å². The maximum Gasteiger partial charge on any atom is 0.306 e. The number of carbonyl (C=O) groups is 2. The van der Waals surface area contributed by atoms with E-state index in [0.717, 1.165) is 23.9 Å². The van der Waals surface area contributed by atoms with Gasteiger partial charge >= 0.3 is 5.97 Å². The minimum Gasteiger partial charge on any atom is -0.453 e. The van der Waals surface area contributed by atoms with Crippen LogP contribution >= 0.6 is 0 Å². The molecule has 2 aromatic rings. The van der Waals surface area contributed by atoms with E-state index in [0.29, 0.717) is 18.8 Å².